The molecule has 0 saturated carbocycles. The minimum atomic E-state index is 0.0623. The molecule has 2 rings (SSSR count). The van der Waals surface area contributed by atoms with Gasteiger partial charge in [0.05, 0.1) is 7.11 Å². The van der Waals surface area contributed by atoms with Crippen molar-refractivity contribution in [2.75, 3.05) is 19.0 Å². The molecule has 2 aromatic rings. The van der Waals surface area contributed by atoms with Gasteiger partial charge in [0.1, 0.15) is 17.6 Å². The summed E-state index contributed by atoms with van der Waals surface area (Å²) < 4.78 is 10.5. The van der Waals surface area contributed by atoms with Crippen molar-refractivity contribution in [2.24, 2.45) is 0 Å². The first-order chi connectivity index (χ1) is 9.81. The van der Waals surface area contributed by atoms with Crippen LogP contribution in [-0.4, -0.2) is 13.7 Å². The molecule has 0 fully saturated rings. The van der Waals surface area contributed by atoms with E-state index in [2.05, 4.69) is 5.32 Å². The van der Waals surface area contributed by atoms with Crippen LogP contribution in [0.15, 0.2) is 48.5 Å². The predicted molar refractivity (Wildman–Crippen MR) is 77.9 cm³/mol. The number of rotatable bonds is 6. The van der Waals surface area contributed by atoms with E-state index < -0.39 is 0 Å². The smallest absolute Gasteiger partial charge is 0.174 e. The van der Waals surface area contributed by atoms with Gasteiger partial charge in [-0.2, -0.15) is 5.26 Å². The van der Waals surface area contributed by atoms with Gasteiger partial charge in [-0.15, -0.1) is 0 Å². The van der Waals surface area contributed by atoms with E-state index in [1.165, 1.54) is 0 Å². The number of ether oxygens (including phenoxy) is 2. The quantitative estimate of drug-likeness (QED) is 0.874. The summed E-state index contributed by atoms with van der Waals surface area (Å²) in [5.41, 5.74) is 2.08. The summed E-state index contributed by atoms with van der Waals surface area (Å²) in [4.78, 5) is 0. The van der Waals surface area contributed by atoms with Gasteiger partial charge in [-0.25, -0.2) is 0 Å². The SMILES string of the molecule is COc1cccc(NCc2cccc(OCC#N)c2)c1. The third-order valence-corrected chi connectivity index (χ3v) is 2.77. The molecule has 0 bridgehead atoms. The standard InChI is InChI=1S/C16H16N2O2/c1-19-15-6-3-5-14(11-15)18-12-13-4-2-7-16(10-13)20-9-8-17/h2-7,10-11,18H,9,12H2,1H3. The molecule has 0 aromatic heterocycles. The second-order valence-corrected chi connectivity index (χ2v) is 4.18. The monoisotopic (exact) mass is 268 g/mol. The molecule has 1 N–H and O–H groups in total. The molecule has 0 heterocycles. The van der Waals surface area contributed by atoms with Crippen LogP contribution in [0.2, 0.25) is 0 Å². The third-order valence-electron chi connectivity index (χ3n) is 2.77. The molecule has 102 valence electrons. The van der Waals surface area contributed by atoms with Crippen molar-refractivity contribution in [2.45, 2.75) is 6.54 Å². The zero-order valence-corrected chi connectivity index (χ0v) is 11.3. The van der Waals surface area contributed by atoms with Gasteiger partial charge >= 0.3 is 0 Å². The Balaban J connectivity index is 1.98. The number of benzene rings is 2. The molecular weight excluding hydrogens is 252 g/mol. The first kappa shape index (κ1) is 13.8. The highest BCUT2D eigenvalue weighted by atomic mass is 16.5. The molecule has 20 heavy (non-hydrogen) atoms. The van der Waals surface area contributed by atoms with Crippen LogP contribution in [-0.2, 0) is 6.54 Å². The fourth-order valence-corrected chi connectivity index (χ4v) is 1.80. The molecule has 4 nitrogen and oxygen atoms in total. The maximum absolute atomic E-state index is 8.50. The van der Waals surface area contributed by atoms with Crippen LogP contribution in [0, 0.1) is 11.3 Å². The van der Waals surface area contributed by atoms with E-state index in [1.54, 1.807) is 7.11 Å². The number of nitrogens with one attached hydrogen (secondary N) is 1. The Morgan fingerprint density at radius 1 is 1.10 bits per heavy atom. The van der Waals surface area contributed by atoms with Crippen LogP contribution in [0.5, 0.6) is 11.5 Å². The first-order valence-electron chi connectivity index (χ1n) is 6.28. The Morgan fingerprint density at radius 3 is 2.70 bits per heavy atom. The normalized spacial score (nSPS) is 9.60. The Kier molecular flexibility index (Phi) is 4.85. The summed E-state index contributed by atoms with van der Waals surface area (Å²) in [6.07, 6.45) is 0. The van der Waals surface area contributed by atoms with Crippen molar-refractivity contribution in [1.82, 2.24) is 0 Å². The van der Waals surface area contributed by atoms with Gasteiger partial charge in [-0.1, -0.05) is 18.2 Å². The van der Waals surface area contributed by atoms with Gasteiger partial charge in [-0.05, 0) is 29.8 Å². The van der Waals surface area contributed by atoms with E-state index in [9.17, 15) is 0 Å². The second kappa shape index (κ2) is 7.05. The molecule has 0 radical (unpaired) electrons. The van der Waals surface area contributed by atoms with E-state index in [0.29, 0.717) is 12.3 Å². The van der Waals surface area contributed by atoms with E-state index in [4.69, 9.17) is 14.7 Å². The lowest BCUT2D eigenvalue weighted by Crippen LogP contribution is -2.00. The Hall–Kier alpha value is -2.67. The Bertz CT molecular complexity index is 605. The van der Waals surface area contributed by atoms with Crippen LogP contribution in [0.1, 0.15) is 5.56 Å². The average Bonchev–Trinajstić information content (AvgIpc) is 2.51. The molecule has 0 spiro atoms. The molecule has 0 aliphatic heterocycles. The van der Waals surface area contributed by atoms with Crippen LogP contribution in [0.25, 0.3) is 0 Å². The molecular formula is C16H16N2O2. The highest BCUT2D eigenvalue weighted by Gasteiger charge is 1.99. The van der Waals surface area contributed by atoms with Gasteiger partial charge in [0.15, 0.2) is 6.61 Å². The molecule has 0 unspecified atom stereocenters. The predicted octanol–water partition coefficient (Wildman–Crippen LogP) is 3.21. The molecule has 0 amide bonds. The summed E-state index contributed by atoms with van der Waals surface area (Å²) in [7, 11) is 1.65. The van der Waals surface area contributed by atoms with Crippen molar-refractivity contribution < 1.29 is 9.47 Å². The van der Waals surface area contributed by atoms with E-state index in [0.717, 1.165) is 17.0 Å². The van der Waals surface area contributed by atoms with Crippen molar-refractivity contribution in [3.05, 3.63) is 54.1 Å². The van der Waals surface area contributed by atoms with Gasteiger partial charge in [0.25, 0.3) is 0 Å². The zero-order valence-electron chi connectivity index (χ0n) is 11.3. The maximum Gasteiger partial charge on any atom is 0.174 e. The first-order valence-corrected chi connectivity index (χ1v) is 6.28. The van der Waals surface area contributed by atoms with Crippen molar-refractivity contribution >= 4 is 5.69 Å². The zero-order chi connectivity index (χ0) is 14.2. The molecule has 0 atom stereocenters. The van der Waals surface area contributed by atoms with Gasteiger partial charge < -0.3 is 14.8 Å². The van der Waals surface area contributed by atoms with Crippen LogP contribution in [0.4, 0.5) is 5.69 Å². The van der Waals surface area contributed by atoms with E-state index in [1.807, 2.05) is 54.6 Å². The summed E-state index contributed by atoms with van der Waals surface area (Å²) in [5.74, 6) is 1.53. The van der Waals surface area contributed by atoms with E-state index >= 15 is 0 Å². The highest BCUT2D eigenvalue weighted by molar-refractivity contribution is 5.48. The minimum absolute atomic E-state index is 0.0623. The number of hydrogen-bond donors (Lipinski definition) is 1. The maximum atomic E-state index is 8.50. The van der Waals surface area contributed by atoms with Crippen molar-refractivity contribution in [1.29, 1.82) is 5.26 Å². The van der Waals surface area contributed by atoms with Crippen molar-refractivity contribution in [3.63, 3.8) is 0 Å². The van der Waals surface area contributed by atoms with Crippen molar-refractivity contribution in [3.8, 4) is 17.6 Å². The van der Waals surface area contributed by atoms with Gasteiger partial charge in [0, 0.05) is 18.3 Å². The Morgan fingerprint density at radius 2 is 1.90 bits per heavy atom. The number of anilines is 1. The number of hydrogen-bond acceptors (Lipinski definition) is 4. The summed E-state index contributed by atoms with van der Waals surface area (Å²) >= 11 is 0. The highest BCUT2D eigenvalue weighted by Crippen LogP contribution is 2.18. The van der Waals surface area contributed by atoms with Gasteiger partial charge in [0.2, 0.25) is 0 Å². The Labute approximate surface area is 118 Å². The fourth-order valence-electron chi connectivity index (χ4n) is 1.80. The molecule has 2 aromatic carbocycles. The summed E-state index contributed by atoms with van der Waals surface area (Å²) in [6.45, 7) is 0.740. The largest absolute Gasteiger partial charge is 0.497 e. The van der Waals surface area contributed by atoms with Crippen LogP contribution in [0.3, 0.4) is 0 Å². The topological polar surface area (TPSA) is 54.3 Å². The number of methoxy groups -OCH3 is 1. The number of nitrogens with zero attached hydrogens (tertiary/aromatic N) is 1. The summed E-state index contributed by atoms with van der Waals surface area (Å²) in [6, 6.07) is 17.4. The van der Waals surface area contributed by atoms with E-state index in [-0.39, 0.29) is 6.61 Å². The number of nitriles is 1. The molecule has 4 heteroatoms. The lowest BCUT2D eigenvalue weighted by Gasteiger charge is -2.09. The lowest BCUT2D eigenvalue weighted by atomic mass is 10.2. The second-order valence-electron chi connectivity index (χ2n) is 4.18. The van der Waals surface area contributed by atoms with Gasteiger partial charge in [-0.3, -0.25) is 0 Å². The molecule has 0 aliphatic rings. The molecule has 0 aliphatic carbocycles. The third kappa shape index (κ3) is 3.92. The average molecular weight is 268 g/mol. The summed E-state index contributed by atoms with van der Waals surface area (Å²) in [5, 5.41) is 11.8. The fraction of sp³-hybridized carbons (Fsp3) is 0.188. The molecule has 0 saturated heterocycles. The lowest BCUT2D eigenvalue weighted by molar-refractivity contribution is 0.368. The minimum Gasteiger partial charge on any atom is -0.497 e. The van der Waals surface area contributed by atoms with Crippen LogP contribution < -0.4 is 14.8 Å². The van der Waals surface area contributed by atoms with Crippen LogP contribution >= 0.6 is 0 Å².